The summed E-state index contributed by atoms with van der Waals surface area (Å²) in [6.07, 6.45) is 2.42. The molecule has 0 amide bonds. The summed E-state index contributed by atoms with van der Waals surface area (Å²) in [6, 6.07) is 12.3. The highest BCUT2D eigenvalue weighted by molar-refractivity contribution is 7.34. The summed E-state index contributed by atoms with van der Waals surface area (Å²) < 4.78 is 28.0. The largest absolute Gasteiger partial charge is 0.575 e. The maximum Gasteiger partial charge on any atom is 0.419 e. The first kappa shape index (κ1) is 34.1. The Balaban J connectivity index is 1.61. The van der Waals surface area contributed by atoms with Crippen molar-refractivity contribution in [3.63, 3.8) is 0 Å². The molecule has 0 aliphatic rings. The molecule has 0 bridgehead atoms. The van der Waals surface area contributed by atoms with Crippen molar-refractivity contribution >= 4 is 37.4 Å². The van der Waals surface area contributed by atoms with Crippen LogP contribution in [0.25, 0.3) is 10.9 Å². The van der Waals surface area contributed by atoms with Gasteiger partial charge in [-0.1, -0.05) is 35.1 Å². The third-order valence-corrected chi connectivity index (χ3v) is 7.36. The van der Waals surface area contributed by atoms with Crippen LogP contribution in [-0.4, -0.2) is 50.8 Å². The van der Waals surface area contributed by atoms with Gasteiger partial charge in [-0.05, 0) is 65.3 Å². The summed E-state index contributed by atoms with van der Waals surface area (Å²) in [5.74, 6) is -0.703. The lowest BCUT2D eigenvalue weighted by atomic mass is 10.1. The van der Waals surface area contributed by atoms with E-state index in [0.29, 0.717) is 34.0 Å². The quantitative estimate of drug-likeness (QED) is 0.115. The second-order valence-electron chi connectivity index (χ2n) is 11.7. The second kappa shape index (κ2) is 14.5. The fourth-order valence-corrected chi connectivity index (χ4v) is 5.26. The van der Waals surface area contributed by atoms with Gasteiger partial charge in [0.1, 0.15) is 18.0 Å². The zero-order valence-electron chi connectivity index (χ0n) is 26.4. The standard InChI is InChI=1S/C33H36N3O9P/c1-20(2)43-31(39)26(15-22-17-36(32(40)44-33(4,5)6)27-12-8-7-11-24(22)27)35-46(41)45-29-14-10-9-13-28(29)42-19-23-16-34-21(3)30(38)25(23)18-37/h7-14,16-18,20,26,38H,15,19H2,1-6H3. The van der Waals surface area contributed by atoms with Gasteiger partial charge in [0.15, 0.2) is 18.1 Å². The number of rotatable bonds is 11. The molecule has 12 nitrogen and oxygen atoms in total. The lowest BCUT2D eigenvalue weighted by Gasteiger charge is -2.19. The van der Waals surface area contributed by atoms with Crippen LogP contribution < -0.4 is 14.2 Å². The number of aldehydes is 1. The van der Waals surface area contributed by atoms with Crippen molar-refractivity contribution in [2.24, 2.45) is 4.74 Å². The molecule has 2 aromatic heterocycles. The van der Waals surface area contributed by atoms with Gasteiger partial charge in [-0.15, -0.1) is 0 Å². The Kier molecular flexibility index (Phi) is 10.8. The molecule has 2 heterocycles. The van der Waals surface area contributed by atoms with Crippen LogP contribution >= 0.6 is 8.17 Å². The predicted molar refractivity (Wildman–Crippen MR) is 169 cm³/mol. The number of hydrogen-bond donors (Lipinski definition) is 1. The van der Waals surface area contributed by atoms with Gasteiger partial charge in [0.2, 0.25) is 5.75 Å². The molecule has 4 aromatic rings. The number of aromatic nitrogens is 2. The highest BCUT2D eigenvalue weighted by atomic mass is 31.1. The van der Waals surface area contributed by atoms with E-state index in [1.165, 1.54) is 16.8 Å². The zero-order chi connectivity index (χ0) is 33.6. The van der Waals surface area contributed by atoms with E-state index >= 15 is 0 Å². The van der Waals surface area contributed by atoms with Gasteiger partial charge in [0, 0.05) is 29.8 Å². The highest BCUT2D eigenvalue weighted by Gasteiger charge is 2.29. The van der Waals surface area contributed by atoms with Gasteiger partial charge in [-0.25, -0.2) is 9.59 Å². The molecule has 0 saturated carbocycles. The smallest absolute Gasteiger partial charge is 0.419 e. The van der Waals surface area contributed by atoms with E-state index in [0.717, 1.165) is 0 Å². The van der Waals surface area contributed by atoms with Gasteiger partial charge in [0.05, 0.1) is 22.9 Å². The molecular formula is C33H36N3O9P. The van der Waals surface area contributed by atoms with Crippen LogP contribution in [-0.2, 0) is 27.3 Å². The van der Waals surface area contributed by atoms with Crippen LogP contribution in [0.5, 0.6) is 17.2 Å². The van der Waals surface area contributed by atoms with E-state index in [1.807, 2.05) is 0 Å². The molecule has 1 N–H and O–H groups in total. The zero-order valence-corrected chi connectivity index (χ0v) is 27.3. The predicted octanol–water partition coefficient (Wildman–Crippen LogP) is 6.02. The summed E-state index contributed by atoms with van der Waals surface area (Å²) in [5.41, 5.74) is 1.12. The van der Waals surface area contributed by atoms with Gasteiger partial charge in [-0.2, -0.15) is 0 Å². The Morgan fingerprint density at radius 1 is 1.09 bits per heavy atom. The Morgan fingerprint density at radius 3 is 2.43 bits per heavy atom. The van der Waals surface area contributed by atoms with Crippen molar-refractivity contribution < 1.29 is 43.1 Å². The van der Waals surface area contributed by atoms with Gasteiger partial charge >= 0.3 is 20.2 Å². The number of pyridine rings is 1. The molecular weight excluding hydrogens is 613 g/mol. The number of para-hydroxylation sites is 3. The third-order valence-electron chi connectivity index (χ3n) is 6.54. The fourth-order valence-electron chi connectivity index (χ4n) is 4.49. The SMILES string of the molecule is Cc1ncc(COc2ccccc2O/[P+]([O-])=N\C(Cc2cn(C(=O)OC(C)(C)C)c3ccccc23)C(=O)OC(C)C)c(C=O)c1O. The number of benzene rings is 2. The summed E-state index contributed by atoms with van der Waals surface area (Å²) in [4.78, 5) is 55.1. The van der Waals surface area contributed by atoms with Gasteiger partial charge < -0.3 is 24.2 Å². The Bertz CT molecular complexity index is 1780. The van der Waals surface area contributed by atoms with Crippen LogP contribution in [0.4, 0.5) is 4.79 Å². The van der Waals surface area contributed by atoms with Crippen molar-refractivity contribution in [1.29, 1.82) is 0 Å². The van der Waals surface area contributed by atoms with E-state index in [9.17, 15) is 24.4 Å². The number of nitrogens with zero attached hydrogens (tertiary/aromatic N) is 3. The van der Waals surface area contributed by atoms with Crippen molar-refractivity contribution in [2.75, 3.05) is 0 Å². The molecule has 2 aromatic carbocycles. The molecule has 0 aliphatic heterocycles. The number of carbonyl (C=O) groups is 3. The minimum Gasteiger partial charge on any atom is -0.575 e. The number of ether oxygens (including phenoxy) is 3. The monoisotopic (exact) mass is 649 g/mol. The van der Waals surface area contributed by atoms with Crippen LogP contribution in [0.2, 0.25) is 0 Å². The first-order valence-electron chi connectivity index (χ1n) is 14.5. The maximum atomic E-state index is 13.3. The van der Waals surface area contributed by atoms with Crippen molar-refractivity contribution in [1.82, 2.24) is 9.55 Å². The maximum absolute atomic E-state index is 13.3. The van der Waals surface area contributed by atoms with E-state index in [4.69, 9.17) is 18.7 Å². The van der Waals surface area contributed by atoms with Crippen molar-refractivity contribution in [3.05, 3.63) is 83.3 Å². The molecule has 0 spiro atoms. The average Bonchev–Trinajstić information content (AvgIpc) is 3.35. The van der Waals surface area contributed by atoms with E-state index in [-0.39, 0.29) is 35.8 Å². The third kappa shape index (κ3) is 8.47. The average molecular weight is 650 g/mol. The molecule has 13 heteroatoms. The van der Waals surface area contributed by atoms with E-state index < -0.39 is 38.0 Å². The van der Waals surface area contributed by atoms with Crippen LogP contribution in [0.1, 0.15) is 61.8 Å². The van der Waals surface area contributed by atoms with Crippen molar-refractivity contribution in [2.45, 2.75) is 72.3 Å². The summed E-state index contributed by atoms with van der Waals surface area (Å²) in [5, 5.41) is 10.9. The number of fused-ring (bicyclic) bond motifs is 1. The minimum atomic E-state index is -2.83. The number of esters is 1. The van der Waals surface area contributed by atoms with Crippen LogP contribution in [0, 0.1) is 6.92 Å². The molecule has 0 radical (unpaired) electrons. The fraction of sp³-hybridized carbons (Fsp3) is 0.333. The number of carbonyl (C=O) groups excluding carboxylic acids is 3. The molecule has 46 heavy (non-hydrogen) atoms. The lowest BCUT2D eigenvalue weighted by Crippen LogP contribution is -2.27. The van der Waals surface area contributed by atoms with E-state index in [1.54, 1.807) is 90.2 Å². The van der Waals surface area contributed by atoms with Gasteiger partial charge in [0.25, 0.3) is 0 Å². The topological polar surface area (TPSA) is 162 Å². The normalized spacial score (nSPS) is 12.6. The molecule has 0 aliphatic carbocycles. The van der Waals surface area contributed by atoms with Crippen LogP contribution in [0.3, 0.4) is 0 Å². The highest BCUT2D eigenvalue weighted by Crippen LogP contribution is 2.35. The first-order valence-corrected chi connectivity index (χ1v) is 15.6. The summed E-state index contributed by atoms with van der Waals surface area (Å²) in [7, 11) is -2.83. The Morgan fingerprint density at radius 2 is 1.76 bits per heavy atom. The van der Waals surface area contributed by atoms with Crippen LogP contribution in [0.15, 0.2) is 65.7 Å². The van der Waals surface area contributed by atoms with Gasteiger partial charge in [-0.3, -0.25) is 18.9 Å². The lowest BCUT2D eigenvalue weighted by molar-refractivity contribution is -0.170. The summed E-state index contributed by atoms with van der Waals surface area (Å²) >= 11 is 0. The Hall–Kier alpha value is -4.80. The number of hydrogen-bond acceptors (Lipinski definition) is 11. The molecule has 4 rings (SSSR count). The molecule has 2 atom stereocenters. The number of aromatic hydroxyl groups is 1. The number of aryl methyl sites for hydroxylation is 1. The molecule has 0 fully saturated rings. The van der Waals surface area contributed by atoms with E-state index in [2.05, 4.69) is 9.73 Å². The minimum absolute atomic E-state index is 0.0389. The molecule has 0 saturated heterocycles. The second-order valence-corrected chi connectivity index (χ2v) is 12.5. The van der Waals surface area contributed by atoms with Crippen molar-refractivity contribution in [3.8, 4) is 17.2 Å². The first-order chi connectivity index (χ1) is 21.8. The summed E-state index contributed by atoms with van der Waals surface area (Å²) in [6.45, 7) is 10.1. The molecule has 2 unspecified atom stereocenters. The molecule has 242 valence electrons. The Labute approximate surface area is 267 Å².